The number of hydrogen-bond acceptors (Lipinski definition) is 10. The number of thioether (sulfide) groups is 1. The van der Waals surface area contributed by atoms with Gasteiger partial charge >= 0.3 is 5.97 Å². The number of halogens is 2. The summed E-state index contributed by atoms with van der Waals surface area (Å²) in [5, 5.41) is 32.0. The molecule has 3 amide bonds. The number of rotatable bonds is 14. The Bertz CT molecular complexity index is 2910. The van der Waals surface area contributed by atoms with Crippen molar-refractivity contribution in [3.05, 3.63) is 111 Å². The molecule has 4 aromatic carbocycles. The molecule has 0 bridgehead atoms. The molecule has 2 aromatic heterocycles. The van der Waals surface area contributed by atoms with Crippen LogP contribution >= 0.6 is 23.4 Å². The molecule has 344 valence electrons. The third-order valence-electron chi connectivity index (χ3n) is 13.3. The summed E-state index contributed by atoms with van der Waals surface area (Å²) in [4.78, 5) is 58.1. The van der Waals surface area contributed by atoms with E-state index in [9.17, 15) is 33.8 Å². The van der Waals surface area contributed by atoms with Gasteiger partial charge in [0.25, 0.3) is 0 Å². The van der Waals surface area contributed by atoms with Crippen molar-refractivity contribution in [1.82, 2.24) is 34.4 Å². The number of imide groups is 1. The molecule has 2 saturated heterocycles. The molecule has 0 spiro atoms. The molecule has 17 heteroatoms. The number of fused-ring (bicyclic) bond motifs is 3. The molecule has 2 fully saturated rings. The Labute approximate surface area is 390 Å². The highest BCUT2D eigenvalue weighted by atomic mass is 35.5. The van der Waals surface area contributed by atoms with Gasteiger partial charge in [0.15, 0.2) is 0 Å². The van der Waals surface area contributed by atoms with Gasteiger partial charge in [-0.2, -0.15) is 5.10 Å². The third kappa shape index (κ3) is 8.68. The number of hydrogen-bond donors (Lipinski definition) is 3. The lowest BCUT2D eigenvalue weighted by Crippen LogP contribution is -2.51. The van der Waals surface area contributed by atoms with Crippen molar-refractivity contribution in [2.75, 3.05) is 45.1 Å². The predicted octanol–water partition coefficient (Wildman–Crippen LogP) is 6.86. The number of ether oxygens (including phenoxy) is 1. The zero-order valence-corrected chi connectivity index (χ0v) is 38.6. The van der Waals surface area contributed by atoms with Gasteiger partial charge in [-0.25, -0.2) is 9.18 Å². The first-order valence-corrected chi connectivity index (χ1v) is 23.6. The van der Waals surface area contributed by atoms with Gasteiger partial charge in [0.05, 0.1) is 34.6 Å². The van der Waals surface area contributed by atoms with Gasteiger partial charge in [-0.15, -0.1) is 11.8 Å². The van der Waals surface area contributed by atoms with Crippen LogP contribution < -0.4 is 10.1 Å². The Morgan fingerprint density at radius 2 is 1.76 bits per heavy atom. The van der Waals surface area contributed by atoms with E-state index in [1.807, 2.05) is 78.9 Å². The number of amides is 3. The minimum Gasteiger partial charge on any atom is -0.493 e. The first-order chi connectivity index (χ1) is 31.8. The topological polar surface area (TPSA) is 162 Å². The number of aliphatic hydroxyl groups is 1. The number of aromatic carboxylic acids is 1. The summed E-state index contributed by atoms with van der Waals surface area (Å²) in [5.41, 5.74) is 6.47. The van der Waals surface area contributed by atoms with E-state index in [1.54, 1.807) is 15.6 Å². The van der Waals surface area contributed by atoms with E-state index in [0.717, 1.165) is 54.6 Å². The number of nitrogens with one attached hydrogen (secondary N) is 1. The number of aliphatic hydroxyl groups excluding tert-OH is 1. The third-order valence-corrected chi connectivity index (χ3v) is 14.7. The number of carboxylic acids is 1. The SMILES string of the molecule is Cc1nn(C)c(C)c1-c1c(Cl)ccc2c(CCCOc3cccc4cc(F)ccc34)c(C(=O)O)n(CCN3CCN(C(=O)CSc4cccc5c4CN(C4CCC(=O)NC4=O)C5O)CC3)c12. The monoisotopic (exact) mass is 935 g/mol. The fourth-order valence-electron chi connectivity index (χ4n) is 9.92. The average Bonchev–Trinajstić information content (AvgIpc) is 3.89. The van der Waals surface area contributed by atoms with Gasteiger partial charge in [-0.3, -0.25) is 34.2 Å². The first-order valence-electron chi connectivity index (χ1n) is 22.2. The summed E-state index contributed by atoms with van der Waals surface area (Å²) >= 11 is 8.48. The van der Waals surface area contributed by atoms with Crippen LogP contribution in [0, 0.1) is 19.7 Å². The van der Waals surface area contributed by atoms with Crippen LogP contribution in [0.3, 0.4) is 0 Å². The lowest BCUT2D eigenvalue weighted by molar-refractivity contribution is -0.141. The standard InChI is InChI=1S/C49H51ClFN7O7S/c1-28-43(29(2)54(3)53-28)44-37(50)15-14-34-33(9-6-24-65-39-10-4-7-30-25-31(51)12-13-32(30)39)46(49(63)64)57(45(34)44)23-20-55-18-21-56(22-19-55)42(60)27-66-40-11-5-8-35-36(40)26-58(48(35)62)38-16-17-41(59)52-47(38)61/h4-5,7-8,10-15,25,38,48,62H,6,9,16-24,26-27H2,1-3H3,(H,63,64)(H,52,59,61). The van der Waals surface area contributed by atoms with Gasteiger partial charge in [0.2, 0.25) is 17.7 Å². The van der Waals surface area contributed by atoms with E-state index in [0.29, 0.717) is 93.6 Å². The molecule has 14 nitrogen and oxygen atoms in total. The molecule has 3 aliphatic rings. The fourth-order valence-corrected chi connectivity index (χ4v) is 11.2. The van der Waals surface area contributed by atoms with Crippen molar-refractivity contribution in [3.8, 4) is 16.9 Å². The van der Waals surface area contributed by atoms with E-state index in [4.69, 9.17) is 16.3 Å². The summed E-state index contributed by atoms with van der Waals surface area (Å²) in [5.74, 6) is -1.26. The van der Waals surface area contributed by atoms with Gasteiger partial charge in [0, 0.05) is 97.3 Å². The number of piperazine rings is 1. The Hall–Kier alpha value is -5.78. The second-order valence-corrected chi connectivity index (χ2v) is 18.6. The minimum atomic E-state index is -1.05. The van der Waals surface area contributed by atoms with Crippen LogP contribution in [0.4, 0.5) is 4.39 Å². The molecule has 3 N–H and O–H groups in total. The summed E-state index contributed by atoms with van der Waals surface area (Å²) < 4.78 is 23.9. The smallest absolute Gasteiger partial charge is 0.352 e. The second-order valence-electron chi connectivity index (χ2n) is 17.2. The van der Waals surface area contributed by atoms with Crippen LogP contribution in [0.25, 0.3) is 32.8 Å². The maximum atomic E-state index is 13.9. The molecule has 5 heterocycles. The van der Waals surface area contributed by atoms with Crippen molar-refractivity contribution in [2.45, 2.75) is 69.8 Å². The molecular weight excluding hydrogens is 885 g/mol. The van der Waals surface area contributed by atoms with Crippen LogP contribution in [0.2, 0.25) is 5.02 Å². The molecule has 2 atom stereocenters. The van der Waals surface area contributed by atoms with Gasteiger partial charge < -0.3 is 24.4 Å². The van der Waals surface area contributed by atoms with Crippen molar-refractivity contribution < 1.29 is 38.5 Å². The molecule has 0 aliphatic carbocycles. The van der Waals surface area contributed by atoms with Gasteiger partial charge in [0.1, 0.15) is 23.5 Å². The molecule has 3 aliphatic heterocycles. The number of carbonyl (C=O) groups excluding carboxylic acids is 3. The highest BCUT2D eigenvalue weighted by molar-refractivity contribution is 8.00. The molecule has 0 saturated carbocycles. The van der Waals surface area contributed by atoms with Crippen LogP contribution in [0.15, 0.2) is 71.6 Å². The molecule has 0 radical (unpaired) electrons. The predicted molar refractivity (Wildman–Crippen MR) is 250 cm³/mol. The van der Waals surface area contributed by atoms with Crippen molar-refractivity contribution in [3.63, 3.8) is 0 Å². The summed E-state index contributed by atoms with van der Waals surface area (Å²) in [6.45, 7) is 7.66. The number of carbonyl (C=O) groups is 4. The van der Waals surface area contributed by atoms with Crippen LogP contribution in [0.1, 0.15) is 64.1 Å². The van der Waals surface area contributed by atoms with E-state index in [-0.39, 0.29) is 35.5 Å². The van der Waals surface area contributed by atoms with Crippen molar-refractivity contribution >= 4 is 68.7 Å². The number of nitrogens with zero attached hydrogens (tertiary/aromatic N) is 6. The molecular formula is C49H51ClFN7O7S. The highest BCUT2D eigenvalue weighted by Crippen LogP contribution is 2.43. The number of benzene rings is 4. The quantitative estimate of drug-likeness (QED) is 0.0595. The molecule has 9 rings (SSSR count). The van der Waals surface area contributed by atoms with E-state index < -0.39 is 24.1 Å². The van der Waals surface area contributed by atoms with E-state index in [2.05, 4.69) is 15.3 Å². The molecule has 6 aromatic rings. The first kappa shape index (κ1) is 45.4. The minimum absolute atomic E-state index is 0.00754. The molecule has 66 heavy (non-hydrogen) atoms. The Balaban J connectivity index is 0.895. The van der Waals surface area contributed by atoms with Crippen LogP contribution in [-0.4, -0.2) is 114 Å². The maximum absolute atomic E-state index is 13.9. The zero-order chi connectivity index (χ0) is 46.4. The maximum Gasteiger partial charge on any atom is 0.352 e. The second kappa shape index (κ2) is 18.8. The molecule has 2 unspecified atom stereocenters. The van der Waals surface area contributed by atoms with Gasteiger partial charge in [-0.1, -0.05) is 41.9 Å². The average molecular weight is 937 g/mol. The summed E-state index contributed by atoms with van der Waals surface area (Å²) in [6, 6.07) is 18.8. The lowest BCUT2D eigenvalue weighted by Gasteiger charge is -2.35. The fraction of sp³-hybridized carbons (Fsp3) is 0.367. The van der Waals surface area contributed by atoms with E-state index >= 15 is 0 Å². The van der Waals surface area contributed by atoms with Crippen molar-refractivity contribution in [2.24, 2.45) is 7.05 Å². The Morgan fingerprint density at radius 3 is 2.50 bits per heavy atom. The number of aryl methyl sites for hydroxylation is 3. The summed E-state index contributed by atoms with van der Waals surface area (Å²) in [7, 11) is 1.88. The van der Waals surface area contributed by atoms with Crippen molar-refractivity contribution in [1.29, 1.82) is 0 Å². The Morgan fingerprint density at radius 1 is 0.985 bits per heavy atom. The zero-order valence-electron chi connectivity index (χ0n) is 37.0. The van der Waals surface area contributed by atoms with Crippen LogP contribution in [0.5, 0.6) is 5.75 Å². The lowest BCUT2D eigenvalue weighted by atomic mass is 9.98. The van der Waals surface area contributed by atoms with E-state index in [1.165, 1.54) is 23.9 Å². The normalized spacial score (nSPS) is 18.1. The summed E-state index contributed by atoms with van der Waals surface area (Å²) in [6.07, 6.45) is 0.496. The largest absolute Gasteiger partial charge is 0.493 e. The van der Waals surface area contributed by atoms with Crippen LogP contribution in [-0.2, 0) is 40.9 Å². The number of carboxylic acid groups (broad SMARTS) is 1. The number of piperidine rings is 1. The highest BCUT2D eigenvalue weighted by Gasteiger charge is 2.40. The number of aromatic nitrogens is 3. The van der Waals surface area contributed by atoms with Gasteiger partial charge in [-0.05, 0) is 86.0 Å². The Kier molecular flexibility index (Phi) is 13.0.